The normalized spacial score (nSPS) is 16.1. The van der Waals surface area contributed by atoms with Crippen molar-refractivity contribution in [1.82, 2.24) is 0 Å². The monoisotopic (exact) mass is 519 g/mol. The lowest BCUT2D eigenvalue weighted by atomic mass is 10.1. The van der Waals surface area contributed by atoms with Crippen LogP contribution in [0.5, 0.6) is 0 Å². The van der Waals surface area contributed by atoms with Gasteiger partial charge in [-0.1, -0.05) is 103 Å². The first-order valence-electron chi connectivity index (χ1n) is 13.1. The molecule has 0 saturated carbocycles. The van der Waals surface area contributed by atoms with Crippen molar-refractivity contribution in [3.05, 3.63) is 163 Å². The second-order valence-corrected chi connectivity index (χ2v) is 12.5. The van der Waals surface area contributed by atoms with Crippen molar-refractivity contribution in [2.45, 2.75) is 0 Å². The molecule has 2 nitrogen and oxygen atoms in total. The Labute approximate surface area is 228 Å². The van der Waals surface area contributed by atoms with Crippen molar-refractivity contribution in [1.29, 1.82) is 0 Å². The fraction of sp³-hybridized carbons (Fsp3) is 0. The van der Waals surface area contributed by atoms with E-state index in [1.54, 1.807) is 0 Å². The van der Waals surface area contributed by atoms with Crippen LogP contribution < -0.4 is 15.5 Å². The van der Waals surface area contributed by atoms with Gasteiger partial charge in [-0.25, -0.2) is 0 Å². The topological polar surface area (TPSA) is 20.3 Å². The molecular formula is C36H26NOP. The van der Waals surface area contributed by atoms with Crippen molar-refractivity contribution in [2.24, 2.45) is 0 Å². The van der Waals surface area contributed by atoms with E-state index in [-0.39, 0.29) is 0 Å². The standard InChI is InChI=1S/C36H26NOP/c38-39(34-18-8-3-9-19-34)35(26-30-24-28-12-10-11-13-29(28)25-36(30)39)27-20-22-33(23-21-27)37(31-14-4-1-5-15-31)32-16-6-2-7-17-32/h1-26H. The summed E-state index contributed by atoms with van der Waals surface area (Å²) in [6.45, 7) is 0. The number of benzene rings is 6. The van der Waals surface area contributed by atoms with Crippen LogP contribution in [0.15, 0.2) is 152 Å². The molecule has 39 heavy (non-hydrogen) atoms. The molecule has 6 aromatic carbocycles. The van der Waals surface area contributed by atoms with Crippen molar-refractivity contribution >= 4 is 57.0 Å². The van der Waals surface area contributed by atoms with Crippen LogP contribution in [-0.4, -0.2) is 0 Å². The van der Waals surface area contributed by atoms with Crippen LogP contribution in [-0.2, 0) is 4.57 Å². The van der Waals surface area contributed by atoms with E-state index in [4.69, 9.17) is 0 Å². The van der Waals surface area contributed by atoms with Gasteiger partial charge in [0.25, 0.3) is 0 Å². The quantitative estimate of drug-likeness (QED) is 0.212. The molecule has 0 aliphatic carbocycles. The maximum atomic E-state index is 15.2. The summed E-state index contributed by atoms with van der Waals surface area (Å²) in [5.74, 6) is 0. The van der Waals surface area contributed by atoms with Gasteiger partial charge < -0.3 is 9.46 Å². The molecule has 0 aromatic heterocycles. The number of para-hydroxylation sites is 2. The molecule has 1 atom stereocenters. The Kier molecular flexibility index (Phi) is 5.77. The summed E-state index contributed by atoms with van der Waals surface area (Å²) in [5.41, 5.74) is 5.24. The van der Waals surface area contributed by atoms with Gasteiger partial charge in [-0.05, 0) is 76.5 Å². The van der Waals surface area contributed by atoms with E-state index in [9.17, 15) is 0 Å². The zero-order chi connectivity index (χ0) is 26.2. The molecule has 0 spiro atoms. The van der Waals surface area contributed by atoms with Gasteiger partial charge in [-0.15, -0.1) is 0 Å². The first-order chi connectivity index (χ1) is 19.2. The van der Waals surface area contributed by atoms with Crippen molar-refractivity contribution in [3.63, 3.8) is 0 Å². The third-order valence-corrected chi connectivity index (χ3v) is 10.6. The fourth-order valence-electron chi connectivity index (χ4n) is 5.57. The zero-order valence-electron chi connectivity index (χ0n) is 21.3. The van der Waals surface area contributed by atoms with E-state index >= 15 is 4.57 Å². The predicted octanol–water partition coefficient (Wildman–Crippen LogP) is 9.14. The van der Waals surface area contributed by atoms with Crippen LogP contribution >= 0.6 is 7.14 Å². The lowest BCUT2D eigenvalue weighted by molar-refractivity contribution is 0.593. The highest BCUT2D eigenvalue weighted by Gasteiger charge is 2.39. The third-order valence-electron chi connectivity index (χ3n) is 7.44. The summed E-state index contributed by atoms with van der Waals surface area (Å²) in [5, 5.41) is 4.94. The minimum atomic E-state index is -3.06. The molecule has 1 heterocycles. The highest BCUT2D eigenvalue weighted by molar-refractivity contribution is 7.88. The number of anilines is 3. The largest absolute Gasteiger partial charge is 0.311 e. The molecule has 0 N–H and O–H groups in total. The van der Waals surface area contributed by atoms with Crippen molar-refractivity contribution < 1.29 is 4.57 Å². The zero-order valence-corrected chi connectivity index (χ0v) is 22.2. The molecule has 1 unspecified atom stereocenters. The number of nitrogens with zero attached hydrogens (tertiary/aromatic N) is 1. The van der Waals surface area contributed by atoms with Gasteiger partial charge in [0.15, 0.2) is 7.14 Å². The first-order valence-corrected chi connectivity index (χ1v) is 14.8. The Morgan fingerprint density at radius 2 is 0.974 bits per heavy atom. The summed E-state index contributed by atoms with van der Waals surface area (Å²) in [6, 6.07) is 51.8. The Bertz CT molecular complexity index is 1820. The maximum Gasteiger partial charge on any atom is 0.172 e. The molecule has 1 aliphatic heterocycles. The van der Waals surface area contributed by atoms with Crippen LogP contribution in [0, 0.1) is 0 Å². The van der Waals surface area contributed by atoms with Crippen LogP contribution in [0.1, 0.15) is 11.1 Å². The van der Waals surface area contributed by atoms with Gasteiger partial charge in [-0.3, -0.25) is 0 Å². The van der Waals surface area contributed by atoms with Gasteiger partial charge in [0, 0.05) is 33.0 Å². The summed E-state index contributed by atoms with van der Waals surface area (Å²) in [7, 11) is -3.06. The highest BCUT2D eigenvalue weighted by atomic mass is 31.2. The van der Waals surface area contributed by atoms with E-state index < -0.39 is 7.14 Å². The van der Waals surface area contributed by atoms with E-state index in [2.05, 4.69) is 114 Å². The summed E-state index contributed by atoms with van der Waals surface area (Å²) >= 11 is 0. The molecule has 0 radical (unpaired) electrons. The Balaban J connectivity index is 1.36. The van der Waals surface area contributed by atoms with E-state index in [1.807, 2.05) is 48.5 Å². The molecule has 3 heteroatoms. The lowest BCUT2D eigenvalue weighted by Gasteiger charge is -2.26. The van der Waals surface area contributed by atoms with Crippen molar-refractivity contribution in [3.8, 4) is 0 Å². The fourth-order valence-corrected chi connectivity index (χ4v) is 8.62. The SMILES string of the molecule is O=P1(c2ccccc2)C(c2ccc(N(c3ccccc3)c3ccccc3)cc2)=Cc2cc3ccccc3cc21. The number of rotatable bonds is 5. The molecule has 0 saturated heterocycles. The molecule has 186 valence electrons. The Morgan fingerprint density at radius 1 is 0.487 bits per heavy atom. The maximum absolute atomic E-state index is 15.2. The molecule has 1 aliphatic rings. The molecule has 6 aromatic rings. The van der Waals surface area contributed by atoms with Gasteiger partial charge in [0.2, 0.25) is 0 Å². The van der Waals surface area contributed by atoms with E-state index in [0.29, 0.717) is 0 Å². The van der Waals surface area contributed by atoms with Crippen LogP contribution in [0.3, 0.4) is 0 Å². The highest BCUT2D eigenvalue weighted by Crippen LogP contribution is 2.62. The van der Waals surface area contributed by atoms with Crippen molar-refractivity contribution in [2.75, 3.05) is 4.90 Å². The third kappa shape index (κ3) is 4.02. The molecule has 7 rings (SSSR count). The van der Waals surface area contributed by atoms with Gasteiger partial charge in [0.1, 0.15) is 0 Å². The van der Waals surface area contributed by atoms with Gasteiger partial charge in [0.05, 0.1) is 0 Å². The van der Waals surface area contributed by atoms with Crippen LogP contribution in [0.4, 0.5) is 17.1 Å². The molecule has 0 amide bonds. The minimum Gasteiger partial charge on any atom is -0.311 e. The molecule has 0 fully saturated rings. The summed E-state index contributed by atoms with van der Waals surface area (Å²) in [6.07, 6.45) is 2.14. The number of fused-ring (bicyclic) bond motifs is 2. The van der Waals surface area contributed by atoms with Gasteiger partial charge >= 0.3 is 0 Å². The molecule has 0 bridgehead atoms. The minimum absolute atomic E-state index is 0.865. The Hall–Kier alpha value is -4.65. The number of hydrogen-bond donors (Lipinski definition) is 0. The van der Waals surface area contributed by atoms with E-state index in [1.165, 1.54) is 0 Å². The lowest BCUT2D eigenvalue weighted by Crippen LogP contribution is -2.15. The van der Waals surface area contributed by atoms with Gasteiger partial charge in [-0.2, -0.15) is 0 Å². The second kappa shape index (κ2) is 9.58. The molecular weight excluding hydrogens is 493 g/mol. The average molecular weight is 520 g/mol. The van der Waals surface area contributed by atoms with Crippen LogP contribution in [0.25, 0.3) is 22.2 Å². The Morgan fingerprint density at radius 3 is 1.56 bits per heavy atom. The summed E-state index contributed by atoms with van der Waals surface area (Å²) < 4.78 is 15.2. The number of hydrogen-bond acceptors (Lipinski definition) is 2. The van der Waals surface area contributed by atoms with E-state index in [0.717, 1.165) is 54.9 Å². The summed E-state index contributed by atoms with van der Waals surface area (Å²) in [4.78, 5) is 2.24. The predicted molar refractivity (Wildman–Crippen MR) is 166 cm³/mol. The average Bonchev–Trinajstić information content (AvgIpc) is 3.30. The second-order valence-electron chi connectivity index (χ2n) is 9.79. The smallest absolute Gasteiger partial charge is 0.172 e. The first kappa shape index (κ1) is 23.5. The van der Waals surface area contributed by atoms with Crippen LogP contribution in [0.2, 0.25) is 0 Å².